The minimum Gasteiger partial charge on any atom is -0.494 e. The van der Waals surface area contributed by atoms with Crippen molar-refractivity contribution in [3.63, 3.8) is 0 Å². The molecule has 0 aliphatic rings. The summed E-state index contributed by atoms with van der Waals surface area (Å²) in [5, 5.41) is 10.0. The standard InChI is InChI=1S/C37H41FO7/c1-5-35(39)43-25-22-28-10-16-32(17-11-28)45-36(40)21-13-29-12-20-33(34(38)26-29)30-14-18-31(19-15-30)42-23-8-6-7-9-24-44-37(4,41)27(2)3/h5,10-21,26,41H,1-2,6-9,22-25H2,3-4H3/b21-13+. The van der Waals surface area contributed by atoms with Crippen molar-refractivity contribution in [3.8, 4) is 22.6 Å². The number of rotatable bonds is 18. The number of unbranched alkanes of at least 4 members (excludes halogenated alkanes) is 3. The van der Waals surface area contributed by atoms with Crippen LogP contribution in [0.3, 0.4) is 0 Å². The van der Waals surface area contributed by atoms with Gasteiger partial charge in [-0.1, -0.05) is 56.0 Å². The first-order valence-corrected chi connectivity index (χ1v) is 14.9. The Kier molecular flexibility index (Phi) is 13.7. The van der Waals surface area contributed by atoms with Gasteiger partial charge in [-0.25, -0.2) is 14.0 Å². The second kappa shape index (κ2) is 17.7. The summed E-state index contributed by atoms with van der Waals surface area (Å²) in [7, 11) is 0. The van der Waals surface area contributed by atoms with Gasteiger partial charge in [0, 0.05) is 24.1 Å². The highest BCUT2D eigenvalue weighted by Crippen LogP contribution is 2.26. The SMILES string of the molecule is C=CC(=O)OCCc1ccc(OC(=O)/C=C/c2ccc(-c3ccc(OCCCCCCOC(C)(O)C(=C)C)cc3)c(F)c2)cc1. The lowest BCUT2D eigenvalue weighted by atomic mass is 10.0. The number of hydrogen-bond acceptors (Lipinski definition) is 7. The van der Waals surface area contributed by atoms with Gasteiger partial charge in [-0.05, 0) is 91.8 Å². The van der Waals surface area contributed by atoms with E-state index in [2.05, 4.69) is 13.2 Å². The number of benzene rings is 3. The highest BCUT2D eigenvalue weighted by Gasteiger charge is 2.21. The van der Waals surface area contributed by atoms with E-state index in [4.69, 9.17) is 18.9 Å². The predicted octanol–water partition coefficient (Wildman–Crippen LogP) is 7.62. The lowest BCUT2D eigenvalue weighted by molar-refractivity contribution is -0.161. The van der Waals surface area contributed by atoms with E-state index in [1.165, 1.54) is 18.2 Å². The molecule has 1 unspecified atom stereocenters. The minimum absolute atomic E-state index is 0.226. The molecule has 0 saturated heterocycles. The number of carbonyl (C=O) groups excluding carboxylic acids is 2. The number of halogens is 1. The van der Waals surface area contributed by atoms with Crippen LogP contribution < -0.4 is 9.47 Å². The van der Waals surface area contributed by atoms with Crippen molar-refractivity contribution in [2.24, 2.45) is 0 Å². The third-order valence-corrected chi connectivity index (χ3v) is 7.00. The van der Waals surface area contributed by atoms with Crippen molar-refractivity contribution in [1.29, 1.82) is 0 Å². The summed E-state index contributed by atoms with van der Waals surface area (Å²) in [6.07, 6.45) is 8.04. The minimum atomic E-state index is -1.28. The molecule has 3 rings (SSSR count). The lowest BCUT2D eigenvalue weighted by Crippen LogP contribution is -2.29. The smallest absolute Gasteiger partial charge is 0.336 e. The topological polar surface area (TPSA) is 91.3 Å². The van der Waals surface area contributed by atoms with E-state index in [0.29, 0.717) is 53.4 Å². The van der Waals surface area contributed by atoms with Crippen LogP contribution in [0.4, 0.5) is 4.39 Å². The Morgan fingerprint density at radius 3 is 2.20 bits per heavy atom. The average molecular weight is 617 g/mol. The van der Waals surface area contributed by atoms with Crippen molar-refractivity contribution in [2.45, 2.75) is 51.7 Å². The van der Waals surface area contributed by atoms with Crippen LogP contribution in [-0.2, 0) is 25.5 Å². The molecule has 1 N–H and O–H groups in total. The van der Waals surface area contributed by atoms with Crippen LogP contribution in [0.25, 0.3) is 17.2 Å². The number of hydrogen-bond donors (Lipinski definition) is 1. The van der Waals surface area contributed by atoms with Crippen LogP contribution in [0.2, 0.25) is 0 Å². The van der Waals surface area contributed by atoms with Crippen molar-refractivity contribution in [3.05, 3.63) is 115 Å². The molecule has 3 aromatic carbocycles. The molecule has 0 aliphatic heterocycles. The van der Waals surface area contributed by atoms with Gasteiger partial charge in [0.2, 0.25) is 0 Å². The van der Waals surface area contributed by atoms with Gasteiger partial charge in [0.05, 0.1) is 19.8 Å². The molecule has 0 saturated carbocycles. The Labute approximate surface area is 264 Å². The molecule has 0 spiro atoms. The largest absolute Gasteiger partial charge is 0.494 e. The third kappa shape index (κ3) is 12.2. The second-order valence-electron chi connectivity index (χ2n) is 10.7. The molecule has 45 heavy (non-hydrogen) atoms. The van der Waals surface area contributed by atoms with Crippen LogP contribution >= 0.6 is 0 Å². The first-order chi connectivity index (χ1) is 21.6. The molecule has 0 heterocycles. The fraction of sp³-hybridized carbons (Fsp3) is 0.297. The highest BCUT2D eigenvalue weighted by atomic mass is 19.1. The van der Waals surface area contributed by atoms with Crippen molar-refractivity contribution in [1.82, 2.24) is 0 Å². The maximum absolute atomic E-state index is 14.9. The van der Waals surface area contributed by atoms with E-state index in [0.717, 1.165) is 37.3 Å². The maximum atomic E-state index is 14.9. The average Bonchev–Trinajstić information content (AvgIpc) is 3.02. The Bertz CT molecular complexity index is 1460. The molecule has 0 fully saturated rings. The van der Waals surface area contributed by atoms with Gasteiger partial charge in [0.15, 0.2) is 5.79 Å². The van der Waals surface area contributed by atoms with E-state index >= 15 is 0 Å². The van der Waals surface area contributed by atoms with Gasteiger partial charge in [-0.15, -0.1) is 0 Å². The molecule has 238 valence electrons. The summed E-state index contributed by atoms with van der Waals surface area (Å²) in [5.74, 6) is -1.69. The Morgan fingerprint density at radius 2 is 1.56 bits per heavy atom. The summed E-state index contributed by atoms with van der Waals surface area (Å²) >= 11 is 0. The lowest BCUT2D eigenvalue weighted by Gasteiger charge is -2.23. The fourth-order valence-electron chi connectivity index (χ4n) is 4.11. The molecule has 0 bridgehead atoms. The zero-order valence-electron chi connectivity index (χ0n) is 25.9. The fourth-order valence-corrected chi connectivity index (χ4v) is 4.11. The van der Waals surface area contributed by atoms with Crippen LogP contribution in [0, 0.1) is 5.82 Å². The maximum Gasteiger partial charge on any atom is 0.336 e. The third-order valence-electron chi connectivity index (χ3n) is 7.00. The first kappa shape index (κ1) is 35.0. The van der Waals surface area contributed by atoms with Crippen LogP contribution in [0.1, 0.15) is 50.7 Å². The van der Waals surface area contributed by atoms with Gasteiger partial charge in [0.25, 0.3) is 0 Å². The van der Waals surface area contributed by atoms with Gasteiger partial charge < -0.3 is 24.1 Å². The van der Waals surface area contributed by atoms with E-state index < -0.39 is 23.5 Å². The summed E-state index contributed by atoms with van der Waals surface area (Å²) < 4.78 is 36.5. The predicted molar refractivity (Wildman–Crippen MR) is 173 cm³/mol. The van der Waals surface area contributed by atoms with Crippen LogP contribution in [0.15, 0.2) is 97.6 Å². The molecular formula is C37H41FO7. The quantitative estimate of drug-likeness (QED) is 0.0393. The summed E-state index contributed by atoms with van der Waals surface area (Å²) in [4.78, 5) is 23.4. The molecule has 7 nitrogen and oxygen atoms in total. The molecule has 3 aromatic rings. The Balaban J connectivity index is 1.40. The zero-order valence-corrected chi connectivity index (χ0v) is 25.9. The molecule has 1 atom stereocenters. The molecule has 0 aromatic heterocycles. The molecule has 0 aliphatic carbocycles. The summed E-state index contributed by atoms with van der Waals surface area (Å²) in [6.45, 7) is 11.7. The van der Waals surface area contributed by atoms with E-state index in [-0.39, 0.29) is 6.61 Å². The van der Waals surface area contributed by atoms with Gasteiger partial charge in [0.1, 0.15) is 17.3 Å². The van der Waals surface area contributed by atoms with Gasteiger partial charge in [-0.3, -0.25) is 0 Å². The number of carbonyl (C=O) groups is 2. The number of aliphatic hydroxyl groups is 1. The normalized spacial score (nSPS) is 12.4. The number of ether oxygens (including phenoxy) is 4. The molecule has 0 radical (unpaired) electrons. The van der Waals surface area contributed by atoms with Crippen molar-refractivity contribution in [2.75, 3.05) is 19.8 Å². The number of esters is 2. The molecule has 0 amide bonds. The van der Waals surface area contributed by atoms with Gasteiger partial charge >= 0.3 is 11.9 Å². The zero-order chi connectivity index (χ0) is 32.7. The summed E-state index contributed by atoms with van der Waals surface area (Å²) in [5.41, 5.74) is 3.17. The highest BCUT2D eigenvalue weighted by molar-refractivity contribution is 5.88. The van der Waals surface area contributed by atoms with Crippen LogP contribution in [0.5, 0.6) is 11.5 Å². The first-order valence-electron chi connectivity index (χ1n) is 14.9. The van der Waals surface area contributed by atoms with Crippen LogP contribution in [-0.4, -0.2) is 42.7 Å². The van der Waals surface area contributed by atoms with E-state index in [1.54, 1.807) is 50.2 Å². The monoisotopic (exact) mass is 616 g/mol. The Morgan fingerprint density at radius 1 is 0.889 bits per heavy atom. The molecule has 8 heteroatoms. The van der Waals surface area contributed by atoms with Crippen molar-refractivity contribution < 1.29 is 38.0 Å². The Hall–Kier alpha value is -4.53. The van der Waals surface area contributed by atoms with Gasteiger partial charge in [-0.2, -0.15) is 0 Å². The summed E-state index contributed by atoms with van der Waals surface area (Å²) in [6, 6.07) is 18.9. The van der Waals surface area contributed by atoms with E-state index in [9.17, 15) is 19.1 Å². The van der Waals surface area contributed by atoms with Crippen molar-refractivity contribution >= 4 is 18.0 Å². The van der Waals surface area contributed by atoms with E-state index in [1.807, 2.05) is 24.3 Å². The second-order valence-corrected chi connectivity index (χ2v) is 10.7. The molecular weight excluding hydrogens is 575 g/mol.